The number of thiocarbonyl (C=S) groups is 1. The van der Waals surface area contributed by atoms with Crippen LogP contribution in [0.3, 0.4) is 0 Å². The molecule has 1 atom stereocenters. The van der Waals surface area contributed by atoms with Crippen LogP contribution in [0.15, 0.2) is 57.9 Å². The summed E-state index contributed by atoms with van der Waals surface area (Å²) >= 11 is 6.69. The van der Waals surface area contributed by atoms with E-state index in [1.54, 1.807) is 35.2 Å². The molecule has 2 saturated heterocycles. The monoisotopic (exact) mass is 479 g/mol. The summed E-state index contributed by atoms with van der Waals surface area (Å²) in [4.78, 5) is 27.6. The maximum atomic E-state index is 12.8. The third kappa shape index (κ3) is 4.46. The minimum absolute atomic E-state index is 0.0520. The van der Waals surface area contributed by atoms with Crippen molar-refractivity contribution in [3.8, 4) is 5.75 Å². The van der Waals surface area contributed by atoms with Gasteiger partial charge >= 0.3 is 5.97 Å². The van der Waals surface area contributed by atoms with Crippen LogP contribution in [0, 0.1) is 6.92 Å². The molecule has 8 heteroatoms. The standard InChI is InChI=1S/C25H21NO5S2/c1-15-19-6-2-3-7-20(19)31-22(15)24(28)30-17-10-8-16(9-11-17)13-21-23(27)26(25(32)33-21)14-18-5-4-12-29-18/h2-3,6-11,13,18H,4-5,12,14H2,1H3. The smallest absolute Gasteiger partial charge is 0.379 e. The van der Waals surface area contributed by atoms with E-state index in [1.807, 2.05) is 31.2 Å². The highest BCUT2D eigenvalue weighted by Gasteiger charge is 2.34. The minimum Gasteiger partial charge on any atom is -0.449 e. The first-order chi connectivity index (χ1) is 16.0. The quantitative estimate of drug-likeness (QED) is 0.212. The maximum Gasteiger partial charge on any atom is 0.379 e. The number of carbonyl (C=O) groups excluding carboxylic acids is 2. The lowest BCUT2D eigenvalue weighted by atomic mass is 10.1. The number of thioether (sulfide) groups is 1. The van der Waals surface area contributed by atoms with Crippen molar-refractivity contribution in [3.05, 3.63) is 70.3 Å². The van der Waals surface area contributed by atoms with Crippen LogP contribution >= 0.6 is 24.0 Å². The van der Waals surface area contributed by atoms with Crippen molar-refractivity contribution in [1.82, 2.24) is 4.90 Å². The molecule has 0 N–H and O–H groups in total. The Morgan fingerprint density at radius 3 is 2.76 bits per heavy atom. The van der Waals surface area contributed by atoms with Crippen LogP contribution < -0.4 is 4.74 Å². The molecule has 33 heavy (non-hydrogen) atoms. The van der Waals surface area contributed by atoms with Gasteiger partial charge in [-0.2, -0.15) is 0 Å². The molecule has 168 valence electrons. The Labute approximate surface area is 200 Å². The van der Waals surface area contributed by atoms with Gasteiger partial charge in [0.1, 0.15) is 15.7 Å². The van der Waals surface area contributed by atoms with Crippen molar-refractivity contribution in [1.29, 1.82) is 0 Å². The molecule has 2 aromatic carbocycles. The van der Waals surface area contributed by atoms with E-state index in [-0.39, 0.29) is 17.8 Å². The second-order valence-electron chi connectivity index (χ2n) is 7.94. The first-order valence-electron chi connectivity index (χ1n) is 10.7. The number of furan rings is 1. The number of esters is 1. The molecule has 1 unspecified atom stereocenters. The van der Waals surface area contributed by atoms with Gasteiger partial charge in [0.25, 0.3) is 5.91 Å². The Balaban J connectivity index is 1.27. The van der Waals surface area contributed by atoms with Crippen molar-refractivity contribution < 1.29 is 23.5 Å². The summed E-state index contributed by atoms with van der Waals surface area (Å²) in [6.45, 7) is 3.07. The molecular weight excluding hydrogens is 458 g/mol. The van der Waals surface area contributed by atoms with Crippen LogP contribution in [-0.4, -0.2) is 40.4 Å². The second-order valence-corrected chi connectivity index (χ2v) is 9.61. The van der Waals surface area contributed by atoms with Gasteiger partial charge in [0.2, 0.25) is 5.76 Å². The van der Waals surface area contributed by atoms with Gasteiger partial charge in [-0.15, -0.1) is 0 Å². The molecule has 2 fully saturated rings. The third-order valence-electron chi connectivity index (χ3n) is 5.70. The van der Waals surface area contributed by atoms with Gasteiger partial charge in [-0.3, -0.25) is 9.69 Å². The fourth-order valence-electron chi connectivity index (χ4n) is 3.96. The molecule has 5 rings (SSSR count). The van der Waals surface area contributed by atoms with E-state index in [0.29, 0.717) is 27.1 Å². The number of hydrogen-bond acceptors (Lipinski definition) is 7. The summed E-state index contributed by atoms with van der Waals surface area (Å²) in [5, 5.41) is 0.886. The van der Waals surface area contributed by atoms with E-state index < -0.39 is 5.97 Å². The highest BCUT2D eigenvalue weighted by atomic mass is 32.2. The number of ether oxygens (including phenoxy) is 2. The molecule has 0 aliphatic carbocycles. The second kappa shape index (κ2) is 9.13. The van der Waals surface area contributed by atoms with Crippen molar-refractivity contribution in [2.75, 3.05) is 13.2 Å². The van der Waals surface area contributed by atoms with E-state index in [1.165, 1.54) is 11.8 Å². The van der Waals surface area contributed by atoms with Gasteiger partial charge in [-0.1, -0.05) is 54.3 Å². The first kappa shape index (κ1) is 21.9. The summed E-state index contributed by atoms with van der Waals surface area (Å²) < 4.78 is 17.4. The van der Waals surface area contributed by atoms with Crippen LogP contribution in [0.5, 0.6) is 5.75 Å². The van der Waals surface area contributed by atoms with Crippen molar-refractivity contribution in [2.24, 2.45) is 0 Å². The third-order valence-corrected chi connectivity index (χ3v) is 7.08. The normalized spacial score (nSPS) is 19.7. The predicted molar refractivity (Wildman–Crippen MR) is 131 cm³/mol. The summed E-state index contributed by atoms with van der Waals surface area (Å²) in [6.07, 6.45) is 3.81. The Hall–Kier alpha value is -2.94. The average Bonchev–Trinajstić information content (AvgIpc) is 3.51. The predicted octanol–water partition coefficient (Wildman–Crippen LogP) is 5.34. The molecule has 0 saturated carbocycles. The molecule has 2 aliphatic rings. The number of carbonyl (C=O) groups is 2. The SMILES string of the molecule is Cc1c(C(=O)Oc2ccc(C=C3SC(=S)N(CC4CCCO4)C3=O)cc2)oc2ccccc12. The van der Waals surface area contributed by atoms with Crippen LogP contribution in [-0.2, 0) is 9.53 Å². The fraction of sp³-hybridized carbons (Fsp3) is 0.240. The van der Waals surface area contributed by atoms with E-state index in [9.17, 15) is 9.59 Å². The molecule has 1 aromatic heterocycles. The number of benzene rings is 2. The lowest BCUT2D eigenvalue weighted by molar-refractivity contribution is -0.123. The number of para-hydroxylation sites is 1. The zero-order valence-corrected chi connectivity index (χ0v) is 19.5. The highest BCUT2D eigenvalue weighted by Crippen LogP contribution is 2.34. The largest absolute Gasteiger partial charge is 0.449 e. The zero-order chi connectivity index (χ0) is 22.9. The minimum atomic E-state index is -0.550. The Morgan fingerprint density at radius 2 is 2.03 bits per heavy atom. The lowest BCUT2D eigenvalue weighted by Gasteiger charge is -2.18. The maximum absolute atomic E-state index is 12.8. The van der Waals surface area contributed by atoms with Gasteiger partial charge < -0.3 is 13.9 Å². The first-order valence-corrected chi connectivity index (χ1v) is 11.9. The number of rotatable bonds is 5. The number of aryl methyl sites for hydroxylation is 1. The van der Waals surface area contributed by atoms with Crippen molar-refractivity contribution >= 4 is 57.2 Å². The van der Waals surface area contributed by atoms with Gasteiger partial charge in [-0.05, 0) is 49.6 Å². The van der Waals surface area contributed by atoms with Gasteiger partial charge in [0.15, 0.2) is 0 Å². The van der Waals surface area contributed by atoms with E-state index in [2.05, 4.69) is 0 Å². The summed E-state index contributed by atoms with van der Waals surface area (Å²) in [7, 11) is 0. The molecule has 0 radical (unpaired) electrons. The zero-order valence-electron chi connectivity index (χ0n) is 17.9. The topological polar surface area (TPSA) is 69.0 Å². The van der Waals surface area contributed by atoms with Gasteiger partial charge in [-0.25, -0.2) is 4.79 Å². The number of nitrogens with zero attached hydrogens (tertiary/aromatic N) is 1. The average molecular weight is 480 g/mol. The summed E-state index contributed by atoms with van der Waals surface area (Å²) in [5.41, 5.74) is 2.21. The van der Waals surface area contributed by atoms with Gasteiger partial charge in [0.05, 0.1) is 17.6 Å². The van der Waals surface area contributed by atoms with E-state index in [4.69, 9.17) is 26.1 Å². The molecule has 6 nitrogen and oxygen atoms in total. The van der Waals surface area contributed by atoms with Crippen LogP contribution in [0.1, 0.15) is 34.5 Å². The highest BCUT2D eigenvalue weighted by molar-refractivity contribution is 8.26. The number of hydrogen-bond donors (Lipinski definition) is 0. The Morgan fingerprint density at radius 1 is 1.24 bits per heavy atom. The summed E-state index contributed by atoms with van der Waals surface area (Å²) in [5.74, 6) is -0.0686. The number of amides is 1. The molecule has 1 amide bonds. The summed E-state index contributed by atoms with van der Waals surface area (Å²) in [6, 6.07) is 14.4. The lowest BCUT2D eigenvalue weighted by Crippen LogP contribution is -2.35. The van der Waals surface area contributed by atoms with Crippen LogP contribution in [0.2, 0.25) is 0 Å². The molecule has 3 aromatic rings. The van der Waals surface area contributed by atoms with Crippen LogP contribution in [0.4, 0.5) is 0 Å². The number of fused-ring (bicyclic) bond motifs is 1. The van der Waals surface area contributed by atoms with Crippen LogP contribution in [0.25, 0.3) is 17.0 Å². The Bertz CT molecular complexity index is 1270. The Kier molecular flexibility index (Phi) is 6.05. The molecule has 0 spiro atoms. The van der Waals surface area contributed by atoms with E-state index in [0.717, 1.165) is 36.0 Å². The molecule has 0 bridgehead atoms. The van der Waals surface area contributed by atoms with Crippen molar-refractivity contribution in [2.45, 2.75) is 25.9 Å². The van der Waals surface area contributed by atoms with E-state index >= 15 is 0 Å². The van der Waals surface area contributed by atoms with Gasteiger partial charge in [0, 0.05) is 17.6 Å². The molecular formula is C25H21NO5S2. The molecule has 3 heterocycles. The fourth-order valence-corrected chi connectivity index (χ4v) is 5.23. The van der Waals surface area contributed by atoms with Crippen molar-refractivity contribution in [3.63, 3.8) is 0 Å². The molecule has 2 aliphatic heterocycles.